The summed E-state index contributed by atoms with van der Waals surface area (Å²) >= 11 is 1.81. The molecule has 2 rings (SSSR count). The predicted octanol–water partition coefficient (Wildman–Crippen LogP) is 2.99. The van der Waals surface area contributed by atoms with Gasteiger partial charge in [0.15, 0.2) is 0 Å². The summed E-state index contributed by atoms with van der Waals surface area (Å²) in [6, 6.07) is 8.48. The van der Waals surface area contributed by atoms with Gasteiger partial charge in [0.2, 0.25) is 0 Å². The van der Waals surface area contributed by atoms with Crippen molar-refractivity contribution in [3.63, 3.8) is 0 Å². The molecule has 1 aliphatic rings. The van der Waals surface area contributed by atoms with Crippen LogP contribution < -0.4 is 5.32 Å². The normalized spacial score (nSPS) is 27.7. The Morgan fingerprint density at radius 3 is 3.17 bits per heavy atom. The van der Waals surface area contributed by atoms with Crippen LogP contribution in [0.2, 0.25) is 0 Å². The highest BCUT2D eigenvalue weighted by atomic mass is 32.2. The Morgan fingerprint density at radius 2 is 2.50 bits per heavy atom. The molecule has 96 valence electrons. The zero-order valence-corrected chi connectivity index (χ0v) is 11.5. The number of nitriles is 1. The molecule has 1 N–H and O–H groups in total. The number of nitrogens with one attached hydrogen (secondary N) is 1. The first-order chi connectivity index (χ1) is 8.78. The monoisotopic (exact) mass is 261 g/mol. The van der Waals surface area contributed by atoms with Gasteiger partial charge in [-0.1, -0.05) is 13.0 Å². The van der Waals surface area contributed by atoms with Crippen LogP contribution in [-0.4, -0.2) is 22.3 Å². The summed E-state index contributed by atoms with van der Waals surface area (Å²) in [5.74, 6) is 0. The molecule has 0 bridgehead atoms. The summed E-state index contributed by atoms with van der Waals surface area (Å²) in [7, 11) is 0. The van der Waals surface area contributed by atoms with Crippen LogP contribution in [0, 0.1) is 11.3 Å². The van der Waals surface area contributed by atoms with Crippen molar-refractivity contribution in [2.75, 3.05) is 6.54 Å². The highest BCUT2D eigenvalue weighted by Gasteiger charge is 2.36. The summed E-state index contributed by atoms with van der Waals surface area (Å²) in [4.78, 5) is 4.35. The van der Waals surface area contributed by atoms with E-state index in [4.69, 9.17) is 0 Å². The fourth-order valence-electron chi connectivity index (χ4n) is 2.55. The molecule has 1 aromatic heterocycles. The van der Waals surface area contributed by atoms with Crippen LogP contribution in [0.1, 0.15) is 32.6 Å². The minimum atomic E-state index is -0.320. The molecule has 4 heteroatoms. The zero-order valence-electron chi connectivity index (χ0n) is 10.7. The van der Waals surface area contributed by atoms with Gasteiger partial charge < -0.3 is 0 Å². The van der Waals surface area contributed by atoms with Gasteiger partial charge in [-0.2, -0.15) is 5.26 Å². The maximum Gasteiger partial charge on any atom is 0.107 e. The van der Waals surface area contributed by atoms with E-state index in [1.165, 1.54) is 6.42 Å². The smallest absolute Gasteiger partial charge is 0.107 e. The summed E-state index contributed by atoms with van der Waals surface area (Å²) in [6.45, 7) is 2.92. The van der Waals surface area contributed by atoms with E-state index in [9.17, 15) is 5.26 Å². The molecular formula is C14H19N3S. The average molecular weight is 261 g/mol. The molecule has 1 aliphatic carbocycles. The third-order valence-electron chi connectivity index (χ3n) is 3.36. The fraction of sp³-hybridized carbons (Fsp3) is 0.571. The maximum atomic E-state index is 9.42. The first-order valence-corrected chi connectivity index (χ1v) is 7.40. The van der Waals surface area contributed by atoms with Gasteiger partial charge in [-0.25, -0.2) is 4.98 Å². The van der Waals surface area contributed by atoms with Gasteiger partial charge in [-0.05, 0) is 44.4 Å². The lowest BCUT2D eigenvalue weighted by Gasteiger charge is -2.35. The largest absolute Gasteiger partial charge is 0.300 e. The Kier molecular flexibility index (Phi) is 4.62. The van der Waals surface area contributed by atoms with Gasteiger partial charge in [-0.3, -0.25) is 5.32 Å². The molecule has 0 aromatic carbocycles. The van der Waals surface area contributed by atoms with Crippen LogP contribution in [0.3, 0.4) is 0 Å². The van der Waals surface area contributed by atoms with E-state index in [0.717, 1.165) is 30.8 Å². The predicted molar refractivity (Wildman–Crippen MR) is 74.4 cm³/mol. The molecule has 18 heavy (non-hydrogen) atoms. The second kappa shape index (κ2) is 6.21. The fourth-order valence-corrected chi connectivity index (χ4v) is 3.83. The van der Waals surface area contributed by atoms with Crippen molar-refractivity contribution in [2.24, 2.45) is 0 Å². The third-order valence-corrected chi connectivity index (χ3v) is 4.58. The van der Waals surface area contributed by atoms with Crippen molar-refractivity contribution >= 4 is 11.8 Å². The molecule has 1 fully saturated rings. The van der Waals surface area contributed by atoms with E-state index >= 15 is 0 Å². The summed E-state index contributed by atoms with van der Waals surface area (Å²) < 4.78 is 0. The highest BCUT2D eigenvalue weighted by Crippen LogP contribution is 2.37. The molecule has 2 atom stereocenters. The molecule has 0 aliphatic heterocycles. The second-order valence-electron chi connectivity index (χ2n) is 4.73. The van der Waals surface area contributed by atoms with Gasteiger partial charge in [-0.15, -0.1) is 11.8 Å². The van der Waals surface area contributed by atoms with Crippen LogP contribution in [0.5, 0.6) is 0 Å². The Labute approximate surface area is 113 Å². The van der Waals surface area contributed by atoms with Crippen molar-refractivity contribution in [3.05, 3.63) is 24.4 Å². The molecule has 1 saturated carbocycles. The molecule has 1 heterocycles. The number of hydrogen-bond donors (Lipinski definition) is 1. The first kappa shape index (κ1) is 13.4. The summed E-state index contributed by atoms with van der Waals surface area (Å²) in [5.41, 5.74) is -0.320. The van der Waals surface area contributed by atoms with Crippen molar-refractivity contribution in [2.45, 2.75) is 48.4 Å². The van der Waals surface area contributed by atoms with E-state index in [1.54, 1.807) is 11.8 Å². The Balaban J connectivity index is 2.01. The van der Waals surface area contributed by atoms with Gasteiger partial charge >= 0.3 is 0 Å². The van der Waals surface area contributed by atoms with Crippen molar-refractivity contribution in [1.29, 1.82) is 5.26 Å². The second-order valence-corrected chi connectivity index (χ2v) is 6.05. The summed E-state index contributed by atoms with van der Waals surface area (Å²) in [5, 5.41) is 14.3. The van der Waals surface area contributed by atoms with Gasteiger partial charge in [0.05, 0.1) is 11.1 Å². The minimum absolute atomic E-state index is 0.320. The Bertz CT molecular complexity index is 411. The lowest BCUT2D eigenvalue weighted by molar-refractivity contribution is 0.309. The highest BCUT2D eigenvalue weighted by molar-refractivity contribution is 7.99. The van der Waals surface area contributed by atoms with E-state index in [0.29, 0.717) is 5.25 Å². The van der Waals surface area contributed by atoms with Gasteiger partial charge in [0.1, 0.15) is 5.54 Å². The Hall–Kier alpha value is -1.05. The number of pyridine rings is 1. The van der Waals surface area contributed by atoms with E-state index in [1.807, 2.05) is 24.4 Å². The molecule has 2 unspecified atom stereocenters. The van der Waals surface area contributed by atoms with Crippen LogP contribution >= 0.6 is 11.8 Å². The van der Waals surface area contributed by atoms with Crippen molar-refractivity contribution in [3.8, 4) is 6.07 Å². The standard InChI is InChI=1S/C14H19N3S/c1-2-17-14(11-15)8-5-6-12(10-14)18-13-7-3-4-9-16-13/h3-4,7,9,12,17H,2,5-6,8,10H2,1H3. The molecule has 1 aromatic rings. The van der Waals surface area contributed by atoms with E-state index in [2.05, 4.69) is 23.3 Å². The average Bonchev–Trinajstić information content (AvgIpc) is 2.41. The minimum Gasteiger partial charge on any atom is -0.300 e. The quantitative estimate of drug-likeness (QED) is 0.905. The molecule has 0 amide bonds. The molecular weight excluding hydrogens is 242 g/mol. The number of aromatic nitrogens is 1. The first-order valence-electron chi connectivity index (χ1n) is 6.52. The number of rotatable bonds is 4. The van der Waals surface area contributed by atoms with E-state index in [-0.39, 0.29) is 5.54 Å². The topological polar surface area (TPSA) is 48.7 Å². The molecule has 0 spiro atoms. The SMILES string of the molecule is CCNC1(C#N)CCCC(Sc2ccccn2)C1. The van der Waals surface area contributed by atoms with Crippen molar-refractivity contribution in [1.82, 2.24) is 10.3 Å². The van der Waals surface area contributed by atoms with Crippen LogP contribution in [0.25, 0.3) is 0 Å². The molecule has 0 saturated heterocycles. The summed E-state index contributed by atoms with van der Waals surface area (Å²) in [6.07, 6.45) is 6.00. The third kappa shape index (κ3) is 3.24. The Morgan fingerprint density at radius 1 is 1.61 bits per heavy atom. The van der Waals surface area contributed by atoms with Gasteiger partial charge in [0.25, 0.3) is 0 Å². The maximum absolute atomic E-state index is 9.42. The van der Waals surface area contributed by atoms with Crippen LogP contribution in [-0.2, 0) is 0 Å². The van der Waals surface area contributed by atoms with Crippen LogP contribution in [0.4, 0.5) is 0 Å². The molecule has 0 radical (unpaired) electrons. The number of hydrogen-bond acceptors (Lipinski definition) is 4. The van der Waals surface area contributed by atoms with Crippen molar-refractivity contribution < 1.29 is 0 Å². The zero-order chi connectivity index (χ0) is 12.8. The van der Waals surface area contributed by atoms with Gasteiger partial charge in [0, 0.05) is 11.4 Å². The lowest BCUT2D eigenvalue weighted by atomic mass is 9.82. The van der Waals surface area contributed by atoms with E-state index < -0.39 is 0 Å². The van der Waals surface area contributed by atoms with Crippen LogP contribution in [0.15, 0.2) is 29.4 Å². The number of nitrogens with zero attached hydrogens (tertiary/aromatic N) is 2. The molecule has 3 nitrogen and oxygen atoms in total. The number of thioether (sulfide) groups is 1. The lowest BCUT2D eigenvalue weighted by Crippen LogP contribution is -2.48.